The largest absolute Gasteiger partial charge is 0.497 e. The van der Waals surface area contributed by atoms with Gasteiger partial charge in [-0.2, -0.15) is 0 Å². The third-order valence-corrected chi connectivity index (χ3v) is 5.84. The highest BCUT2D eigenvalue weighted by atomic mass is 35.5. The highest BCUT2D eigenvalue weighted by Gasteiger charge is 2.20. The first-order chi connectivity index (χ1) is 14.1. The maximum absolute atomic E-state index is 6.14. The summed E-state index contributed by atoms with van der Waals surface area (Å²) in [5.74, 6) is 1.84. The quantitative estimate of drug-likeness (QED) is 0.336. The summed E-state index contributed by atoms with van der Waals surface area (Å²) >= 11 is 7.74. The summed E-state index contributed by atoms with van der Waals surface area (Å²) in [6, 6.07) is 13.4. The lowest BCUT2D eigenvalue weighted by Gasteiger charge is -2.09. The van der Waals surface area contributed by atoms with Gasteiger partial charge in [-0.05, 0) is 55.8 Å². The van der Waals surface area contributed by atoms with Crippen LogP contribution in [0.5, 0.6) is 5.75 Å². The predicted molar refractivity (Wildman–Crippen MR) is 116 cm³/mol. The number of rotatable bonds is 7. The molecule has 150 valence electrons. The number of benzene rings is 2. The van der Waals surface area contributed by atoms with Crippen molar-refractivity contribution in [1.82, 2.24) is 19.7 Å². The second-order valence-electron chi connectivity index (χ2n) is 6.61. The first kappa shape index (κ1) is 19.8. The summed E-state index contributed by atoms with van der Waals surface area (Å²) in [6.07, 6.45) is 1.01. The molecule has 0 saturated heterocycles. The van der Waals surface area contributed by atoms with Gasteiger partial charge in [-0.15, -0.1) is 10.2 Å². The Morgan fingerprint density at radius 3 is 2.69 bits per heavy atom. The molecule has 0 fully saturated rings. The van der Waals surface area contributed by atoms with Gasteiger partial charge in [0.15, 0.2) is 5.16 Å². The lowest BCUT2D eigenvalue weighted by Crippen LogP contribution is -2.00. The fourth-order valence-corrected chi connectivity index (χ4v) is 4.21. The Kier molecular flexibility index (Phi) is 5.78. The van der Waals surface area contributed by atoms with Gasteiger partial charge in [0.1, 0.15) is 5.75 Å². The molecule has 1 unspecified atom stereocenters. The number of ether oxygens (including phenoxy) is 1. The van der Waals surface area contributed by atoms with Crippen LogP contribution in [0.15, 0.2) is 52.0 Å². The van der Waals surface area contributed by atoms with E-state index in [0.717, 1.165) is 40.5 Å². The highest BCUT2D eigenvalue weighted by molar-refractivity contribution is 7.99. The summed E-state index contributed by atoms with van der Waals surface area (Å²) in [6.45, 7) is 5.07. The molecule has 0 aliphatic carbocycles. The van der Waals surface area contributed by atoms with Crippen molar-refractivity contribution in [3.8, 4) is 17.2 Å². The van der Waals surface area contributed by atoms with E-state index in [1.54, 1.807) is 18.9 Å². The van der Waals surface area contributed by atoms with Gasteiger partial charge in [-0.1, -0.05) is 30.3 Å². The predicted octanol–water partition coefficient (Wildman–Crippen LogP) is 6.01. The zero-order valence-corrected chi connectivity index (χ0v) is 18.0. The average Bonchev–Trinajstić information content (AvgIpc) is 3.34. The minimum Gasteiger partial charge on any atom is -0.497 e. The molecule has 2 heterocycles. The number of imidazole rings is 1. The van der Waals surface area contributed by atoms with E-state index < -0.39 is 0 Å². The van der Waals surface area contributed by atoms with Crippen LogP contribution in [-0.2, 0) is 6.54 Å². The zero-order valence-electron chi connectivity index (χ0n) is 16.4. The topological polar surface area (TPSA) is 66.0 Å². The van der Waals surface area contributed by atoms with Gasteiger partial charge < -0.3 is 13.7 Å². The van der Waals surface area contributed by atoms with Gasteiger partial charge in [0.25, 0.3) is 0 Å². The van der Waals surface area contributed by atoms with Gasteiger partial charge >= 0.3 is 0 Å². The summed E-state index contributed by atoms with van der Waals surface area (Å²) < 4.78 is 13.3. The lowest BCUT2D eigenvalue weighted by molar-refractivity contribution is 0.415. The summed E-state index contributed by atoms with van der Waals surface area (Å²) in [7, 11) is 1.64. The number of methoxy groups -OCH3 is 1. The third-order valence-electron chi connectivity index (χ3n) is 4.53. The van der Waals surface area contributed by atoms with Gasteiger partial charge in [0.2, 0.25) is 11.8 Å². The summed E-state index contributed by atoms with van der Waals surface area (Å²) in [5.41, 5.74) is 2.83. The maximum atomic E-state index is 6.14. The normalized spacial score (nSPS) is 12.4. The number of thioether (sulfide) groups is 1. The third kappa shape index (κ3) is 4.11. The number of hydrogen-bond donors (Lipinski definition) is 0. The van der Waals surface area contributed by atoms with E-state index in [1.165, 1.54) is 0 Å². The maximum Gasteiger partial charge on any atom is 0.247 e. The van der Waals surface area contributed by atoms with Crippen LogP contribution in [0.1, 0.15) is 31.4 Å². The molecule has 0 bridgehead atoms. The summed E-state index contributed by atoms with van der Waals surface area (Å²) in [4.78, 5) is 4.78. The van der Waals surface area contributed by atoms with Crippen molar-refractivity contribution in [2.75, 3.05) is 7.11 Å². The zero-order chi connectivity index (χ0) is 20.4. The smallest absolute Gasteiger partial charge is 0.247 e. The monoisotopic (exact) mass is 428 g/mol. The SMILES string of the molecule is CCCn1c(SC(C)c2nnc(-c3ccc(OC)cc3)o2)nc2cc(Cl)ccc21. The van der Waals surface area contributed by atoms with E-state index in [2.05, 4.69) is 21.7 Å². The van der Waals surface area contributed by atoms with Crippen molar-refractivity contribution >= 4 is 34.4 Å². The molecule has 1 atom stereocenters. The molecule has 0 aliphatic heterocycles. The Hall–Kier alpha value is -2.51. The number of nitrogens with zero attached hydrogens (tertiary/aromatic N) is 4. The molecular formula is C21H21ClN4O2S. The van der Waals surface area contributed by atoms with Gasteiger partial charge in [-0.3, -0.25) is 0 Å². The van der Waals surface area contributed by atoms with Crippen molar-refractivity contribution < 1.29 is 9.15 Å². The van der Waals surface area contributed by atoms with Crippen LogP contribution in [0.2, 0.25) is 5.02 Å². The molecule has 2 aromatic heterocycles. The molecule has 0 N–H and O–H groups in total. The van der Waals surface area contributed by atoms with E-state index in [0.29, 0.717) is 16.8 Å². The lowest BCUT2D eigenvalue weighted by atomic mass is 10.2. The molecule has 6 nitrogen and oxygen atoms in total. The minimum absolute atomic E-state index is 0.0441. The Morgan fingerprint density at radius 1 is 1.17 bits per heavy atom. The van der Waals surface area contributed by atoms with Crippen LogP contribution in [-0.4, -0.2) is 26.9 Å². The van der Waals surface area contributed by atoms with Crippen molar-refractivity contribution in [3.63, 3.8) is 0 Å². The fourth-order valence-electron chi connectivity index (χ4n) is 3.07. The minimum atomic E-state index is -0.0441. The molecule has 4 aromatic rings. The molecule has 0 amide bonds. The van der Waals surface area contributed by atoms with Crippen LogP contribution < -0.4 is 4.74 Å². The van der Waals surface area contributed by atoms with Gasteiger partial charge in [-0.25, -0.2) is 4.98 Å². The summed E-state index contributed by atoms with van der Waals surface area (Å²) in [5, 5.41) is 10.0. The second kappa shape index (κ2) is 8.47. The van der Waals surface area contributed by atoms with E-state index in [9.17, 15) is 0 Å². The van der Waals surface area contributed by atoms with Crippen molar-refractivity contribution in [1.29, 1.82) is 0 Å². The van der Waals surface area contributed by atoms with Crippen LogP contribution in [0.3, 0.4) is 0 Å². The number of aromatic nitrogens is 4. The Bertz CT molecular complexity index is 1120. The van der Waals surface area contributed by atoms with Gasteiger partial charge in [0.05, 0.1) is 23.4 Å². The first-order valence-electron chi connectivity index (χ1n) is 9.39. The van der Waals surface area contributed by atoms with Gasteiger partial charge in [0, 0.05) is 17.1 Å². The molecule has 8 heteroatoms. The fraction of sp³-hybridized carbons (Fsp3) is 0.286. The molecule has 0 saturated carbocycles. The standard InChI is InChI=1S/C21H21ClN4O2S/c1-4-11-26-18-10-7-15(22)12-17(18)23-21(26)29-13(2)19-24-25-20(28-19)14-5-8-16(27-3)9-6-14/h5-10,12-13H,4,11H2,1-3H3. The number of hydrogen-bond acceptors (Lipinski definition) is 6. The van der Waals surface area contributed by atoms with Crippen LogP contribution in [0.25, 0.3) is 22.5 Å². The molecule has 29 heavy (non-hydrogen) atoms. The first-order valence-corrected chi connectivity index (χ1v) is 10.6. The van der Waals surface area contributed by atoms with Crippen LogP contribution in [0.4, 0.5) is 0 Å². The Balaban J connectivity index is 1.58. The van der Waals surface area contributed by atoms with E-state index in [1.807, 2.05) is 49.4 Å². The Morgan fingerprint density at radius 2 is 1.97 bits per heavy atom. The molecule has 0 spiro atoms. The molecule has 2 aromatic carbocycles. The van der Waals surface area contributed by atoms with Crippen molar-refractivity contribution in [2.24, 2.45) is 0 Å². The Labute approximate surface area is 178 Å². The van der Waals surface area contributed by atoms with E-state index in [-0.39, 0.29) is 5.25 Å². The van der Waals surface area contributed by atoms with Crippen LogP contribution in [0, 0.1) is 0 Å². The number of fused-ring (bicyclic) bond motifs is 1. The average molecular weight is 429 g/mol. The van der Waals surface area contributed by atoms with E-state index in [4.69, 9.17) is 25.7 Å². The highest BCUT2D eigenvalue weighted by Crippen LogP contribution is 2.37. The molecule has 0 radical (unpaired) electrons. The van der Waals surface area contributed by atoms with Crippen molar-refractivity contribution in [2.45, 2.75) is 37.2 Å². The van der Waals surface area contributed by atoms with E-state index >= 15 is 0 Å². The number of aryl methyl sites for hydroxylation is 1. The van der Waals surface area contributed by atoms with Crippen LogP contribution >= 0.6 is 23.4 Å². The number of halogens is 1. The molecule has 4 rings (SSSR count). The molecule has 0 aliphatic rings. The second-order valence-corrected chi connectivity index (χ2v) is 8.36. The van der Waals surface area contributed by atoms with Crippen molar-refractivity contribution in [3.05, 3.63) is 53.4 Å². The molecular weight excluding hydrogens is 408 g/mol.